The Morgan fingerprint density at radius 2 is 1.89 bits per heavy atom. The average Bonchev–Trinajstić information content (AvgIpc) is 2.28. The van der Waals surface area contributed by atoms with Gasteiger partial charge in [0.15, 0.2) is 0 Å². The molecule has 0 spiro atoms. The number of hydrogen-bond donors (Lipinski definition) is 1. The molecular formula is C14H18F2O3. The summed E-state index contributed by atoms with van der Waals surface area (Å²) < 4.78 is 30.8. The van der Waals surface area contributed by atoms with Crippen LogP contribution in [-0.4, -0.2) is 24.1 Å². The number of hydrogen-bond acceptors (Lipinski definition) is 3. The van der Waals surface area contributed by atoms with Crippen molar-refractivity contribution in [2.45, 2.75) is 32.8 Å². The molecule has 0 bridgehead atoms. The fourth-order valence-corrected chi connectivity index (χ4v) is 1.88. The fraction of sp³-hybridized carbons (Fsp3) is 0.500. The molecule has 2 atom stereocenters. The number of aliphatic hydroxyl groups is 1. The lowest BCUT2D eigenvalue weighted by Crippen LogP contribution is -2.42. The molecule has 1 aromatic carbocycles. The highest BCUT2D eigenvalue weighted by Gasteiger charge is 2.46. The van der Waals surface area contributed by atoms with Crippen LogP contribution in [0.15, 0.2) is 24.3 Å². The summed E-state index contributed by atoms with van der Waals surface area (Å²) in [5.74, 6) is -3.00. The second-order valence-electron chi connectivity index (χ2n) is 4.58. The maximum Gasteiger partial charge on any atom is 0.318 e. The van der Waals surface area contributed by atoms with E-state index in [9.17, 15) is 18.7 Å². The summed E-state index contributed by atoms with van der Waals surface area (Å²) in [6.45, 7) is 4.56. The molecule has 1 N–H and O–H groups in total. The van der Waals surface area contributed by atoms with E-state index >= 15 is 0 Å². The van der Waals surface area contributed by atoms with Crippen LogP contribution < -0.4 is 0 Å². The first-order valence-electron chi connectivity index (χ1n) is 6.05. The maximum absolute atomic E-state index is 13.1. The van der Waals surface area contributed by atoms with E-state index in [4.69, 9.17) is 0 Å². The quantitative estimate of drug-likeness (QED) is 0.838. The topological polar surface area (TPSA) is 46.5 Å². The molecule has 1 aromatic rings. The van der Waals surface area contributed by atoms with Crippen LogP contribution in [0, 0.1) is 12.8 Å². The monoisotopic (exact) mass is 272 g/mol. The van der Waals surface area contributed by atoms with E-state index in [0.29, 0.717) is 0 Å². The number of benzene rings is 1. The molecule has 3 nitrogen and oxygen atoms in total. The number of aryl methyl sites for hydroxylation is 1. The number of alkyl halides is 2. The van der Waals surface area contributed by atoms with Crippen molar-refractivity contribution >= 4 is 5.97 Å². The Labute approximate surface area is 111 Å². The van der Waals surface area contributed by atoms with Gasteiger partial charge in [0.1, 0.15) is 11.5 Å². The SMILES string of the molecule is CCOC(=O)C(C(F)F)C(C)(O)c1ccc(C)cc1. The summed E-state index contributed by atoms with van der Waals surface area (Å²) in [5, 5.41) is 10.3. The highest BCUT2D eigenvalue weighted by molar-refractivity contribution is 5.74. The van der Waals surface area contributed by atoms with Crippen molar-refractivity contribution in [2.24, 2.45) is 5.92 Å². The van der Waals surface area contributed by atoms with Crippen molar-refractivity contribution in [3.63, 3.8) is 0 Å². The first-order valence-corrected chi connectivity index (χ1v) is 6.05. The summed E-state index contributed by atoms with van der Waals surface area (Å²) in [6.07, 6.45) is -3.00. The molecular weight excluding hydrogens is 254 g/mol. The van der Waals surface area contributed by atoms with Crippen LogP contribution in [0.1, 0.15) is 25.0 Å². The first-order chi connectivity index (χ1) is 8.80. The molecule has 0 heterocycles. The van der Waals surface area contributed by atoms with E-state index in [1.165, 1.54) is 26.0 Å². The predicted octanol–water partition coefficient (Wildman–Crippen LogP) is 2.65. The van der Waals surface area contributed by atoms with Gasteiger partial charge in [-0.15, -0.1) is 0 Å². The van der Waals surface area contributed by atoms with Crippen molar-refractivity contribution in [1.82, 2.24) is 0 Å². The van der Waals surface area contributed by atoms with Gasteiger partial charge in [-0.1, -0.05) is 29.8 Å². The van der Waals surface area contributed by atoms with E-state index < -0.39 is 23.9 Å². The van der Waals surface area contributed by atoms with Gasteiger partial charge in [0, 0.05) is 0 Å². The molecule has 19 heavy (non-hydrogen) atoms. The number of halogens is 2. The van der Waals surface area contributed by atoms with Crippen molar-refractivity contribution in [2.75, 3.05) is 6.61 Å². The normalized spacial score (nSPS) is 15.9. The van der Waals surface area contributed by atoms with Crippen LogP contribution in [0.4, 0.5) is 8.78 Å². The molecule has 0 saturated carbocycles. The fourth-order valence-electron chi connectivity index (χ4n) is 1.88. The third-order valence-corrected chi connectivity index (χ3v) is 3.03. The summed E-state index contributed by atoms with van der Waals surface area (Å²) in [6, 6.07) is 6.45. The molecule has 106 valence electrons. The zero-order valence-corrected chi connectivity index (χ0v) is 11.2. The molecule has 0 aromatic heterocycles. The summed E-state index contributed by atoms with van der Waals surface area (Å²) in [5.41, 5.74) is -0.783. The first kappa shape index (κ1) is 15.6. The Balaban J connectivity index is 3.12. The van der Waals surface area contributed by atoms with Crippen LogP contribution >= 0.6 is 0 Å². The van der Waals surface area contributed by atoms with Crippen molar-refractivity contribution < 1.29 is 23.4 Å². The molecule has 0 aliphatic rings. The Kier molecular flexibility index (Phi) is 5.00. The third-order valence-electron chi connectivity index (χ3n) is 3.03. The highest BCUT2D eigenvalue weighted by atomic mass is 19.3. The lowest BCUT2D eigenvalue weighted by atomic mass is 9.82. The highest BCUT2D eigenvalue weighted by Crippen LogP contribution is 2.34. The minimum Gasteiger partial charge on any atom is -0.466 e. The largest absolute Gasteiger partial charge is 0.466 e. The minimum atomic E-state index is -3.00. The molecule has 0 saturated heterocycles. The van der Waals surface area contributed by atoms with Crippen molar-refractivity contribution in [1.29, 1.82) is 0 Å². The van der Waals surface area contributed by atoms with Crippen LogP contribution in [0.2, 0.25) is 0 Å². The Morgan fingerprint density at radius 1 is 1.37 bits per heavy atom. The van der Waals surface area contributed by atoms with E-state index in [-0.39, 0.29) is 12.2 Å². The third kappa shape index (κ3) is 3.50. The maximum atomic E-state index is 13.1. The molecule has 1 rings (SSSR count). The smallest absolute Gasteiger partial charge is 0.318 e. The van der Waals surface area contributed by atoms with E-state index in [2.05, 4.69) is 4.74 Å². The Hall–Kier alpha value is -1.49. The number of ether oxygens (including phenoxy) is 1. The Bertz CT molecular complexity index is 427. The lowest BCUT2D eigenvalue weighted by Gasteiger charge is -2.31. The van der Waals surface area contributed by atoms with Gasteiger partial charge in [-0.25, -0.2) is 8.78 Å². The predicted molar refractivity (Wildman–Crippen MR) is 66.9 cm³/mol. The van der Waals surface area contributed by atoms with Gasteiger partial charge in [-0.3, -0.25) is 4.79 Å². The molecule has 0 aliphatic carbocycles. The van der Waals surface area contributed by atoms with Gasteiger partial charge < -0.3 is 9.84 Å². The number of carbonyl (C=O) groups is 1. The summed E-state index contributed by atoms with van der Waals surface area (Å²) in [4.78, 5) is 11.6. The zero-order chi connectivity index (χ0) is 14.6. The molecule has 5 heteroatoms. The van der Waals surface area contributed by atoms with E-state index in [1.54, 1.807) is 12.1 Å². The molecule has 2 unspecified atom stereocenters. The van der Waals surface area contributed by atoms with Crippen LogP contribution in [0.3, 0.4) is 0 Å². The second-order valence-corrected chi connectivity index (χ2v) is 4.58. The van der Waals surface area contributed by atoms with Crippen molar-refractivity contribution in [3.8, 4) is 0 Å². The van der Waals surface area contributed by atoms with Gasteiger partial charge in [0.05, 0.1) is 6.61 Å². The summed E-state index contributed by atoms with van der Waals surface area (Å²) in [7, 11) is 0. The number of carbonyl (C=O) groups excluding carboxylic acids is 1. The molecule has 0 aliphatic heterocycles. The minimum absolute atomic E-state index is 0.00791. The average molecular weight is 272 g/mol. The van der Waals surface area contributed by atoms with Gasteiger partial charge in [-0.05, 0) is 26.3 Å². The standard InChI is InChI=1S/C14H18F2O3/c1-4-19-13(17)11(12(15)16)14(3,18)10-7-5-9(2)6-8-10/h5-8,11-12,18H,4H2,1-3H3. The summed E-state index contributed by atoms with van der Waals surface area (Å²) >= 11 is 0. The van der Waals surface area contributed by atoms with Gasteiger partial charge >= 0.3 is 5.97 Å². The second kappa shape index (κ2) is 6.10. The lowest BCUT2D eigenvalue weighted by molar-refractivity contribution is -0.169. The molecule has 0 amide bonds. The van der Waals surface area contributed by atoms with Crippen molar-refractivity contribution in [3.05, 3.63) is 35.4 Å². The molecule has 0 radical (unpaired) electrons. The van der Waals surface area contributed by atoms with Crippen LogP contribution in [0.25, 0.3) is 0 Å². The number of rotatable bonds is 5. The zero-order valence-electron chi connectivity index (χ0n) is 11.2. The van der Waals surface area contributed by atoms with Gasteiger partial charge in [0.25, 0.3) is 6.43 Å². The van der Waals surface area contributed by atoms with Crippen LogP contribution in [0.5, 0.6) is 0 Å². The van der Waals surface area contributed by atoms with E-state index in [0.717, 1.165) is 5.56 Å². The van der Waals surface area contributed by atoms with Gasteiger partial charge in [0.2, 0.25) is 0 Å². The van der Waals surface area contributed by atoms with E-state index in [1.807, 2.05) is 6.92 Å². The van der Waals surface area contributed by atoms with Gasteiger partial charge in [-0.2, -0.15) is 0 Å². The van der Waals surface area contributed by atoms with Crippen LogP contribution in [-0.2, 0) is 15.1 Å². The number of esters is 1. The Morgan fingerprint density at radius 3 is 2.32 bits per heavy atom. The molecule has 0 fully saturated rings.